The number of carbonyl (C=O) groups is 2. The molecule has 18 heteroatoms. The number of aliphatic hydroxyl groups excluding tert-OH is 9. The van der Waals surface area contributed by atoms with E-state index in [9.17, 15) is 60.7 Å². The number of allylic oxidation sites excluding steroid dienone is 2. The fraction of sp³-hybridized carbons (Fsp3) is 0.915. The van der Waals surface area contributed by atoms with Crippen molar-refractivity contribution < 1.29 is 89.1 Å². The summed E-state index contributed by atoms with van der Waals surface area (Å²) in [5.74, 6) is -1.80. The summed E-state index contributed by atoms with van der Waals surface area (Å²) in [4.78, 5) is 27.0. The summed E-state index contributed by atoms with van der Waals surface area (Å²) in [5, 5.41) is 105. The first-order valence-electron chi connectivity index (χ1n) is 23.7. The van der Waals surface area contributed by atoms with Crippen LogP contribution in [0.4, 0.5) is 0 Å². The van der Waals surface area contributed by atoms with Crippen LogP contribution >= 0.6 is 0 Å². The lowest BCUT2D eigenvalue weighted by Crippen LogP contribution is -2.67. The monoisotopic (exact) mass is 926 g/mol. The van der Waals surface area contributed by atoms with Gasteiger partial charge in [-0.05, 0) is 109 Å². The van der Waals surface area contributed by atoms with Gasteiger partial charge in [-0.3, -0.25) is 4.79 Å². The van der Waals surface area contributed by atoms with E-state index in [-0.39, 0.29) is 39.4 Å². The van der Waals surface area contributed by atoms with Gasteiger partial charge in [0.2, 0.25) is 6.29 Å². The second-order valence-electron chi connectivity index (χ2n) is 23.1. The molecule has 0 spiro atoms. The molecule has 5 aliphatic carbocycles. The molecule has 0 aromatic rings. The molecule has 22 atom stereocenters. The third-order valence-corrected chi connectivity index (χ3v) is 18.9. The standard InChI is InChI=1S/C47H74O18/c1-42(2)14-16-47(41(59)65-39-32(54)30(52)29(51)24(19-48)61-39)17-15-45(6)21(22(47)18-42)8-9-26-44(5)12-11-27(43(3,4)25(44)10-13-46(26,45)7)62-40-34(56)35(33(55)36(64-40)37(57)58)63-38-31(53)28(50)23(49)20-60-38/h8,22-36,38-40,48-56H,9-20H2,1-7H3,(H,57,58)/t22-,23-,24-,25-,26+,27-,28+,29-,30+,31-,32-,33+,34-,35+,36+,38+,39+,40-,44+,45+,46-,47+/m1/s1. The van der Waals surface area contributed by atoms with E-state index in [0.717, 1.165) is 44.9 Å². The van der Waals surface area contributed by atoms with E-state index in [1.54, 1.807) is 0 Å². The Bertz CT molecular complexity index is 1820. The summed E-state index contributed by atoms with van der Waals surface area (Å²) in [6.07, 6.45) is -13.7. The second kappa shape index (κ2) is 17.2. The Morgan fingerprint density at radius 2 is 1.38 bits per heavy atom. The summed E-state index contributed by atoms with van der Waals surface area (Å²) in [5.41, 5.74) is -0.846. The first-order valence-corrected chi connectivity index (χ1v) is 23.7. The zero-order chi connectivity index (χ0) is 47.6. The van der Waals surface area contributed by atoms with Crippen LogP contribution in [-0.2, 0) is 38.0 Å². The van der Waals surface area contributed by atoms with Crippen molar-refractivity contribution >= 4 is 11.9 Å². The molecular weight excluding hydrogens is 852 g/mol. The van der Waals surface area contributed by atoms with E-state index in [2.05, 4.69) is 54.5 Å². The summed E-state index contributed by atoms with van der Waals surface area (Å²) in [7, 11) is 0. The molecule has 8 aliphatic rings. The molecule has 0 bridgehead atoms. The van der Waals surface area contributed by atoms with Crippen LogP contribution in [0.2, 0.25) is 0 Å². The highest BCUT2D eigenvalue weighted by molar-refractivity contribution is 5.79. The molecule has 7 fully saturated rings. The molecule has 18 nitrogen and oxygen atoms in total. The fourth-order valence-corrected chi connectivity index (χ4v) is 14.7. The van der Waals surface area contributed by atoms with E-state index in [1.165, 1.54) is 5.57 Å². The van der Waals surface area contributed by atoms with Crippen LogP contribution in [-0.4, -0.2) is 168 Å². The van der Waals surface area contributed by atoms with Gasteiger partial charge in [0.25, 0.3) is 0 Å². The number of carbonyl (C=O) groups excluding carboxylic acids is 1. The number of aliphatic hydroxyl groups is 9. The number of ether oxygens (including phenoxy) is 6. The molecule has 3 heterocycles. The van der Waals surface area contributed by atoms with Crippen molar-refractivity contribution in [3.8, 4) is 0 Å². The highest BCUT2D eigenvalue weighted by Crippen LogP contribution is 2.76. The molecule has 3 saturated heterocycles. The average Bonchev–Trinajstić information content (AvgIpc) is 3.24. The second-order valence-corrected chi connectivity index (χ2v) is 23.1. The number of hydrogen-bond donors (Lipinski definition) is 10. The Balaban J connectivity index is 1.03. The van der Waals surface area contributed by atoms with Gasteiger partial charge in [-0.2, -0.15) is 0 Å². The maximum absolute atomic E-state index is 14.7. The molecule has 0 aromatic heterocycles. The van der Waals surface area contributed by atoms with Crippen molar-refractivity contribution in [3.63, 3.8) is 0 Å². The number of fused-ring (bicyclic) bond motifs is 7. The lowest BCUT2D eigenvalue weighted by Gasteiger charge is -2.71. The Morgan fingerprint density at radius 1 is 0.708 bits per heavy atom. The zero-order valence-corrected chi connectivity index (χ0v) is 38.7. The molecule has 370 valence electrons. The Morgan fingerprint density at radius 3 is 2.06 bits per heavy atom. The number of esters is 1. The average molecular weight is 927 g/mol. The number of hydrogen-bond acceptors (Lipinski definition) is 17. The third kappa shape index (κ3) is 7.76. The van der Waals surface area contributed by atoms with Gasteiger partial charge < -0.3 is 79.5 Å². The summed E-state index contributed by atoms with van der Waals surface area (Å²) < 4.78 is 35.1. The maximum atomic E-state index is 14.7. The van der Waals surface area contributed by atoms with Gasteiger partial charge in [-0.15, -0.1) is 0 Å². The van der Waals surface area contributed by atoms with Gasteiger partial charge in [-0.25, -0.2) is 4.79 Å². The van der Waals surface area contributed by atoms with E-state index in [1.807, 2.05) is 0 Å². The van der Waals surface area contributed by atoms with Gasteiger partial charge in [0, 0.05) is 0 Å². The number of aliphatic carboxylic acids is 1. The molecule has 0 aromatic carbocycles. The van der Waals surface area contributed by atoms with Gasteiger partial charge in [0.1, 0.15) is 61.0 Å². The molecule has 4 saturated carbocycles. The predicted molar refractivity (Wildman–Crippen MR) is 225 cm³/mol. The largest absolute Gasteiger partial charge is 0.479 e. The van der Waals surface area contributed by atoms with Crippen LogP contribution in [0.5, 0.6) is 0 Å². The molecule has 3 aliphatic heterocycles. The van der Waals surface area contributed by atoms with Crippen LogP contribution in [0.15, 0.2) is 11.6 Å². The highest BCUT2D eigenvalue weighted by Gasteiger charge is 2.70. The van der Waals surface area contributed by atoms with Crippen LogP contribution in [0, 0.1) is 50.2 Å². The quantitative estimate of drug-likeness (QED) is 0.0918. The van der Waals surface area contributed by atoms with Crippen molar-refractivity contribution in [3.05, 3.63) is 11.6 Å². The molecule has 0 radical (unpaired) electrons. The Labute approximate surface area is 380 Å². The number of carboxylic acids is 1. The fourth-order valence-electron chi connectivity index (χ4n) is 14.7. The molecule has 0 unspecified atom stereocenters. The van der Waals surface area contributed by atoms with Crippen molar-refractivity contribution in [2.45, 2.75) is 205 Å². The summed E-state index contributed by atoms with van der Waals surface area (Å²) in [6, 6.07) is 0. The number of carboxylic acid groups (broad SMARTS) is 1. The molecule has 65 heavy (non-hydrogen) atoms. The normalized spacial score (nSPS) is 52.7. The minimum Gasteiger partial charge on any atom is -0.479 e. The predicted octanol–water partition coefficient (Wildman–Crippen LogP) is 0.872. The van der Waals surface area contributed by atoms with Crippen molar-refractivity contribution in [2.75, 3.05) is 13.2 Å². The minimum atomic E-state index is -1.90. The van der Waals surface area contributed by atoms with Gasteiger partial charge in [0.15, 0.2) is 18.7 Å². The third-order valence-electron chi connectivity index (χ3n) is 18.9. The van der Waals surface area contributed by atoms with Gasteiger partial charge in [-0.1, -0.05) is 60.1 Å². The van der Waals surface area contributed by atoms with E-state index < -0.39 is 128 Å². The number of rotatable bonds is 8. The molecule has 0 amide bonds. The maximum Gasteiger partial charge on any atom is 0.335 e. The van der Waals surface area contributed by atoms with Crippen LogP contribution in [0.25, 0.3) is 0 Å². The Kier molecular flexibility index (Phi) is 13.1. The van der Waals surface area contributed by atoms with Crippen LogP contribution < -0.4 is 0 Å². The first kappa shape index (κ1) is 49.5. The van der Waals surface area contributed by atoms with Gasteiger partial charge >= 0.3 is 11.9 Å². The SMILES string of the molecule is CC1(C)CC[C@]2(C(=O)O[C@@H]3O[C@H](CO)[C@@H](O)[C@H](O)[C@H]3O)CC[C@@]3(C)C(=CC[C@H]4[C@@]5(C)CC[C@@H](O[C@@H]6O[C@H](C(=O)O)[C@@H](O)[C@H](O[C@@H]7OC[C@@H](O)[C@H](O)[C@H]7O)[C@H]6O)C(C)(C)[C@H]5CC[C@]43C)[C@H]2C1. The summed E-state index contributed by atoms with van der Waals surface area (Å²) in [6.45, 7) is 14.9. The Hall–Kier alpha value is -1.88. The van der Waals surface area contributed by atoms with Crippen molar-refractivity contribution in [2.24, 2.45) is 50.2 Å². The lowest BCUT2D eigenvalue weighted by molar-refractivity contribution is -0.357. The highest BCUT2D eigenvalue weighted by atomic mass is 16.7. The van der Waals surface area contributed by atoms with Crippen LogP contribution in [0.1, 0.15) is 113 Å². The zero-order valence-electron chi connectivity index (χ0n) is 38.7. The van der Waals surface area contributed by atoms with Crippen LogP contribution in [0.3, 0.4) is 0 Å². The first-order chi connectivity index (χ1) is 30.3. The smallest absolute Gasteiger partial charge is 0.335 e. The van der Waals surface area contributed by atoms with Crippen molar-refractivity contribution in [1.29, 1.82) is 0 Å². The van der Waals surface area contributed by atoms with E-state index in [4.69, 9.17) is 28.4 Å². The van der Waals surface area contributed by atoms with E-state index in [0.29, 0.717) is 19.3 Å². The molecule has 10 N–H and O–H groups in total. The van der Waals surface area contributed by atoms with Gasteiger partial charge in [0.05, 0.1) is 24.7 Å². The topological polar surface area (TPSA) is 292 Å². The summed E-state index contributed by atoms with van der Waals surface area (Å²) >= 11 is 0. The minimum absolute atomic E-state index is 0.0677. The molecule has 8 rings (SSSR count). The lowest BCUT2D eigenvalue weighted by atomic mass is 9.33. The van der Waals surface area contributed by atoms with Crippen molar-refractivity contribution in [1.82, 2.24) is 0 Å². The molecular formula is C47H74O18. The van der Waals surface area contributed by atoms with E-state index >= 15 is 0 Å².